The van der Waals surface area contributed by atoms with Crippen molar-refractivity contribution in [2.45, 2.75) is 39.6 Å². The summed E-state index contributed by atoms with van der Waals surface area (Å²) in [6.07, 6.45) is -1.53. The molecule has 104 valence electrons. The Morgan fingerprint density at radius 1 is 1.50 bits per heavy atom. The summed E-state index contributed by atoms with van der Waals surface area (Å²) in [5.74, 6) is 0.465. The molecular formula is C10H18F2N4OS. The topological polar surface area (TPSA) is 46.2 Å². The van der Waals surface area contributed by atoms with Crippen LogP contribution in [0.15, 0.2) is 0 Å². The number of aliphatic hydroxyl groups is 1. The molecule has 8 heteroatoms. The van der Waals surface area contributed by atoms with Gasteiger partial charge in [-0.15, -0.1) is 0 Å². The highest BCUT2D eigenvalue weighted by Gasteiger charge is 2.12. The maximum Gasteiger partial charge on any atom is 0.251 e. The average molecular weight is 280 g/mol. The van der Waals surface area contributed by atoms with Crippen LogP contribution in [0.3, 0.4) is 0 Å². The molecule has 0 fully saturated rings. The number of halogens is 2. The Bertz CT molecular complexity index is 432. The molecule has 0 unspecified atom stereocenters. The van der Waals surface area contributed by atoms with Crippen molar-refractivity contribution >= 4 is 12.2 Å². The first-order valence-electron chi connectivity index (χ1n) is 5.73. The summed E-state index contributed by atoms with van der Waals surface area (Å²) in [5, 5.41) is 13.3. The minimum atomic E-state index is -2.39. The van der Waals surface area contributed by atoms with Gasteiger partial charge in [-0.2, -0.15) is 5.10 Å². The Morgan fingerprint density at radius 2 is 2.17 bits per heavy atom. The van der Waals surface area contributed by atoms with Crippen LogP contribution >= 0.6 is 12.2 Å². The standard InChI is InChI=1S/C10H18F2N4OS/c1-3-4-15-9(6-17)13-16(10(15)18)7-14(2)5-8(11)12/h8,17H,3-7H2,1-2H3. The molecule has 18 heavy (non-hydrogen) atoms. The van der Waals surface area contributed by atoms with Crippen LogP contribution in [0.2, 0.25) is 0 Å². The molecule has 0 saturated carbocycles. The number of aliphatic hydroxyl groups excluding tert-OH is 1. The van der Waals surface area contributed by atoms with Crippen LogP contribution < -0.4 is 0 Å². The number of hydrogen-bond donors (Lipinski definition) is 1. The van der Waals surface area contributed by atoms with Gasteiger partial charge in [0.25, 0.3) is 6.43 Å². The Balaban J connectivity index is 2.86. The fourth-order valence-corrected chi connectivity index (χ4v) is 1.96. The second kappa shape index (κ2) is 6.91. The van der Waals surface area contributed by atoms with Gasteiger partial charge in [0, 0.05) is 6.54 Å². The highest BCUT2D eigenvalue weighted by atomic mass is 32.1. The van der Waals surface area contributed by atoms with Crippen LogP contribution in [0.25, 0.3) is 0 Å². The van der Waals surface area contributed by atoms with E-state index >= 15 is 0 Å². The molecule has 1 rings (SSSR count). The summed E-state index contributed by atoms with van der Waals surface area (Å²) in [5.41, 5.74) is 0. The fraction of sp³-hybridized carbons (Fsp3) is 0.800. The van der Waals surface area contributed by atoms with E-state index in [-0.39, 0.29) is 19.8 Å². The molecule has 1 aromatic heterocycles. The van der Waals surface area contributed by atoms with Gasteiger partial charge in [0.1, 0.15) is 6.61 Å². The van der Waals surface area contributed by atoms with Gasteiger partial charge in [-0.05, 0) is 25.7 Å². The minimum Gasteiger partial charge on any atom is -0.388 e. The molecule has 0 aliphatic heterocycles. The normalized spacial score (nSPS) is 11.7. The number of nitrogens with zero attached hydrogens (tertiary/aromatic N) is 4. The first-order valence-corrected chi connectivity index (χ1v) is 6.14. The highest BCUT2D eigenvalue weighted by Crippen LogP contribution is 2.05. The van der Waals surface area contributed by atoms with Crippen LogP contribution in [-0.4, -0.2) is 44.4 Å². The monoisotopic (exact) mass is 280 g/mol. The maximum absolute atomic E-state index is 12.2. The van der Waals surface area contributed by atoms with Gasteiger partial charge in [-0.1, -0.05) is 6.92 Å². The summed E-state index contributed by atoms with van der Waals surface area (Å²) >= 11 is 5.21. The SMILES string of the molecule is CCCn1c(CO)nn(CN(C)CC(F)F)c1=S. The maximum atomic E-state index is 12.2. The molecule has 0 atom stereocenters. The molecule has 1 heterocycles. The molecule has 5 nitrogen and oxygen atoms in total. The summed E-state index contributed by atoms with van der Waals surface area (Å²) in [7, 11) is 1.57. The van der Waals surface area contributed by atoms with Crippen molar-refractivity contribution in [1.29, 1.82) is 0 Å². The molecule has 1 aromatic rings. The second-order valence-corrected chi connectivity index (χ2v) is 4.44. The molecule has 0 aliphatic carbocycles. The van der Waals surface area contributed by atoms with Gasteiger partial charge in [0.2, 0.25) is 0 Å². The molecule has 0 spiro atoms. The zero-order valence-corrected chi connectivity index (χ0v) is 11.3. The van der Waals surface area contributed by atoms with Gasteiger partial charge < -0.3 is 9.67 Å². The molecule has 0 radical (unpaired) electrons. The van der Waals surface area contributed by atoms with E-state index in [1.807, 2.05) is 6.92 Å². The van der Waals surface area contributed by atoms with Gasteiger partial charge in [-0.3, -0.25) is 4.90 Å². The Hall–Kier alpha value is -0.860. The highest BCUT2D eigenvalue weighted by molar-refractivity contribution is 7.71. The van der Waals surface area contributed by atoms with E-state index in [1.165, 1.54) is 9.58 Å². The summed E-state index contributed by atoms with van der Waals surface area (Å²) in [6.45, 7) is 2.29. The predicted octanol–water partition coefficient (Wildman–Crippen LogP) is 1.47. The smallest absolute Gasteiger partial charge is 0.251 e. The fourth-order valence-electron chi connectivity index (χ4n) is 1.67. The van der Waals surface area contributed by atoms with Crippen LogP contribution in [0.4, 0.5) is 8.78 Å². The molecular weight excluding hydrogens is 262 g/mol. The lowest BCUT2D eigenvalue weighted by Crippen LogP contribution is -2.27. The van der Waals surface area contributed by atoms with E-state index in [0.29, 0.717) is 17.1 Å². The predicted molar refractivity (Wildman–Crippen MR) is 65.9 cm³/mol. The van der Waals surface area contributed by atoms with E-state index in [0.717, 1.165) is 6.42 Å². The Morgan fingerprint density at radius 3 is 2.67 bits per heavy atom. The largest absolute Gasteiger partial charge is 0.388 e. The first kappa shape index (κ1) is 15.2. The third-order valence-corrected chi connectivity index (χ3v) is 2.84. The number of aromatic nitrogens is 3. The van der Waals surface area contributed by atoms with Crippen LogP contribution in [-0.2, 0) is 19.8 Å². The van der Waals surface area contributed by atoms with Crippen molar-refractivity contribution in [2.75, 3.05) is 13.6 Å². The van der Waals surface area contributed by atoms with Crippen LogP contribution in [0, 0.1) is 4.77 Å². The van der Waals surface area contributed by atoms with Crippen LogP contribution in [0.5, 0.6) is 0 Å². The molecule has 1 N–H and O–H groups in total. The van der Waals surface area contributed by atoms with E-state index < -0.39 is 6.43 Å². The van der Waals surface area contributed by atoms with Crippen molar-refractivity contribution < 1.29 is 13.9 Å². The first-order chi connectivity index (χ1) is 8.49. The van der Waals surface area contributed by atoms with E-state index in [4.69, 9.17) is 12.2 Å². The third-order valence-electron chi connectivity index (χ3n) is 2.41. The molecule has 0 aliphatic rings. The Kier molecular flexibility index (Phi) is 5.83. The minimum absolute atomic E-state index is 0.187. The Labute approximate surface area is 110 Å². The molecule has 0 saturated heterocycles. The van der Waals surface area contributed by atoms with E-state index in [9.17, 15) is 13.9 Å². The number of hydrogen-bond acceptors (Lipinski definition) is 4. The summed E-state index contributed by atoms with van der Waals surface area (Å²) in [4.78, 5) is 1.44. The number of alkyl halides is 2. The van der Waals surface area contributed by atoms with Crippen molar-refractivity contribution in [1.82, 2.24) is 19.2 Å². The second-order valence-electron chi connectivity index (χ2n) is 4.08. The van der Waals surface area contributed by atoms with Crippen molar-refractivity contribution in [2.24, 2.45) is 0 Å². The lowest BCUT2D eigenvalue weighted by Gasteiger charge is -2.15. The zero-order valence-electron chi connectivity index (χ0n) is 10.5. The van der Waals surface area contributed by atoms with E-state index in [2.05, 4.69) is 5.10 Å². The van der Waals surface area contributed by atoms with E-state index in [1.54, 1.807) is 11.6 Å². The lowest BCUT2D eigenvalue weighted by atomic mass is 10.4. The summed E-state index contributed by atoms with van der Waals surface area (Å²) in [6, 6.07) is 0. The van der Waals surface area contributed by atoms with Gasteiger partial charge >= 0.3 is 0 Å². The number of rotatable bonds is 7. The average Bonchev–Trinajstić information content (AvgIpc) is 2.57. The molecule has 0 amide bonds. The van der Waals surface area contributed by atoms with Crippen molar-refractivity contribution in [3.05, 3.63) is 10.6 Å². The third kappa shape index (κ3) is 3.82. The summed E-state index contributed by atoms with van der Waals surface area (Å²) < 4.78 is 28.1. The lowest BCUT2D eigenvalue weighted by molar-refractivity contribution is 0.0845. The van der Waals surface area contributed by atoms with Gasteiger partial charge in [0.05, 0.1) is 13.2 Å². The van der Waals surface area contributed by atoms with Crippen molar-refractivity contribution in [3.8, 4) is 0 Å². The molecule has 0 aromatic carbocycles. The van der Waals surface area contributed by atoms with Gasteiger partial charge in [0.15, 0.2) is 10.6 Å². The van der Waals surface area contributed by atoms with Crippen LogP contribution in [0.1, 0.15) is 19.2 Å². The molecule has 0 bridgehead atoms. The van der Waals surface area contributed by atoms with Crippen molar-refractivity contribution in [3.63, 3.8) is 0 Å². The van der Waals surface area contributed by atoms with Gasteiger partial charge in [-0.25, -0.2) is 13.5 Å². The zero-order chi connectivity index (χ0) is 13.7. The quantitative estimate of drug-likeness (QED) is 0.768.